The van der Waals surface area contributed by atoms with Gasteiger partial charge < -0.3 is 5.21 Å². The number of aromatic nitrogens is 1. The van der Waals surface area contributed by atoms with Crippen LogP contribution in [0.15, 0.2) is 23.2 Å². The van der Waals surface area contributed by atoms with Gasteiger partial charge in [-0.3, -0.25) is 0 Å². The van der Waals surface area contributed by atoms with Gasteiger partial charge in [-0.1, -0.05) is 6.42 Å². The summed E-state index contributed by atoms with van der Waals surface area (Å²) in [6.07, 6.45) is 3.73. The molecular formula is C10H13ClN2OS. The van der Waals surface area contributed by atoms with Crippen molar-refractivity contribution in [3.8, 4) is 0 Å². The van der Waals surface area contributed by atoms with Gasteiger partial charge in [-0.15, -0.1) is 4.73 Å². The lowest BCUT2D eigenvalue weighted by molar-refractivity contribution is -0.643. The predicted molar refractivity (Wildman–Crippen MR) is 61.7 cm³/mol. The first-order valence-electron chi connectivity index (χ1n) is 5.08. The quantitative estimate of drug-likeness (QED) is 0.347. The van der Waals surface area contributed by atoms with Crippen LogP contribution in [0.5, 0.6) is 0 Å². The number of rotatable bonds is 2. The molecule has 0 aromatic carbocycles. The maximum absolute atomic E-state index is 11.6. The zero-order valence-corrected chi connectivity index (χ0v) is 9.93. The first-order chi connectivity index (χ1) is 7.27. The Hall–Kier alpha value is -0.450. The molecule has 0 spiro atoms. The van der Waals surface area contributed by atoms with Gasteiger partial charge in [0, 0.05) is 37.2 Å². The number of pyridine rings is 1. The average Bonchev–Trinajstić information content (AvgIpc) is 2.26. The van der Waals surface area contributed by atoms with Crippen molar-refractivity contribution >= 4 is 23.5 Å². The lowest BCUT2D eigenvalue weighted by atomic mass is 10.2. The second-order valence-corrected chi connectivity index (χ2v) is 5.07. The van der Waals surface area contributed by atoms with E-state index in [0.29, 0.717) is 5.03 Å². The second-order valence-electron chi connectivity index (χ2n) is 3.56. The molecule has 1 saturated heterocycles. The van der Waals surface area contributed by atoms with Gasteiger partial charge in [-0.25, -0.2) is 4.31 Å². The molecule has 0 unspecified atom stereocenters. The standard InChI is InChI=1S/C10H13ClN2OS/c11-9-5-4-6-10(13(9)14)15-12-7-2-1-3-8-12/h4-6H,1-3,7-8H2. The van der Waals surface area contributed by atoms with Crippen molar-refractivity contribution in [1.82, 2.24) is 4.31 Å². The van der Waals surface area contributed by atoms with Gasteiger partial charge in [0.2, 0.25) is 0 Å². The fourth-order valence-corrected chi connectivity index (χ4v) is 2.84. The van der Waals surface area contributed by atoms with Crippen LogP contribution in [0.3, 0.4) is 0 Å². The molecule has 1 aliphatic heterocycles. The minimum atomic E-state index is 0.233. The van der Waals surface area contributed by atoms with E-state index in [1.54, 1.807) is 12.1 Å². The van der Waals surface area contributed by atoms with E-state index in [1.807, 2.05) is 6.07 Å². The van der Waals surface area contributed by atoms with E-state index in [-0.39, 0.29) is 5.15 Å². The van der Waals surface area contributed by atoms with Gasteiger partial charge in [-0.2, -0.15) is 0 Å². The van der Waals surface area contributed by atoms with Crippen LogP contribution in [-0.4, -0.2) is 17.4 Å². The zero-order chi connectivity index (χ0) is 10.7. The van der Waals surface area contributed by atoms with Crippen molar-refractivity contribution in [2.24, 2.45) is 0 Å². The van der Waals surface area contributed by atoms with Crippen LogP contribution in [0.1, 0.15) is 19.3 Å². The topological polar surface area (TPSA) is 30.2 Å². The predicted octanol–water partition coefficient (Wildman–Crippen LogP) is 2.47. The van der Waals surface area contributed by atoms with Gasteiger partial charge in [0.15, 0.2) is 0 Å². The Labute approximate surface area is 98.7 Å². The van der Waals surface area contributed by atoms with Crippen LogP contribution in [0.4, 0.5) is 0 Å². The Kier molecular flexibility index (Phi) is 3.72. The Morgan fingerprint density at radius 1 is 1.27 bits per heavy atom. The van der Waals surface area contributed by atoms with Gasteiger partial charge in [-0.05, 0) is 30.5 Å². The summed E-state index contributed by atoms with van der Waals surface area (Å²) in [5.41, 5.74) is 0. The number of nitrogens with zero attached hydrogens (tertiary/aromatic N) is 2. The molecule has 1 aromatic rings. The monoisotopic (exact) mass is 244 g/mol. The van der Waals surface area contributed by atoms with Crippen LogP contribution in [0, 0.1) is 5.21 Å². The number of hydrogen-bond donors (Lipinski definition) is 0. The van der Waals surface area contributed by atoms with Gasteiger partial charge in [0.1, 0.15) is 0 Å². The van der Waals surface area contributed by atoms with Crippen LogP contribution in [0.25, 0.3) is 0 Å². The second kappa shape index (κ2) is 5.05. The van der Waals surface area contributed by atoms with Crippen molar-refractivity contribution in [3.05, 3.63) is 28.6 Å². The van der Waals surface area contributed by atoms with Crippen LogP contribution in [0.2, 0.25) is 5.15 Å². The first kappa shape index (κ1) is 11.0. The minimum absolute atomic E-state index is 0.233. The molecule has 0 amide bonds. The molecule has 5 heteroatoms. The lowest BCUT2D eigenvalue weighted by Gasteiger charge is -2.23. The number of piperidine rings is 1. The van der Waals surface area contributed by atoms with Gasteiger partial charge in [0.25, 0.3) is 10.2 Å². The molecule has 0 atom stereocenters. The smallest absolute Gasteiger partial charge is 0.287 e. The third-order valence-corrected chi connectivity index (χ3v) is 3.80. The normalized spacial score (nSPS) is 17.9. The Bertz CT molecular complexity index is 342. The number of hydrogen-bond acceptors (Lipinski definition) is 3. The van der Waals surface area contributed by atoms with E-state index in [9.17, 15) is 5.21 Å². The summed E-state index contributed by atoms with van der Waals surface area (Å²) in [4.78, 5) is 0. The van der Waals surface area contributed by atoms with Crippen molar-refractivity contribution in [2.75, 3.05) is 13.1 Å². The Balaban J connectivity index is 2.06. The molecule has 1 fully saturated rings. The van der Waals surface area contributed by atoms with E-state index >= 15 is 0 Å². The van der Waals surface area contributed by atoms with Crippen molar-refractivity contribution in [2.45, 2.75) is 24.3 Å². The largest absolute Gasteiger partial charge is 0.617 e. The molecule has 1 aromatic heterocycles. The summed E-state index contributed by atoms with van der Waals surface area (Å²) in [6.45, 7) is 2.11. The fourth-order valence-electron chi connectivity index (χ4n) is 1.61. The summed E-state index contributed by atoms with van der Waals surface area (Å²) in [5, 5.41) is 12.5. The van der Waals surface area contributed by atoms with Gasteiger partial charge >= 0.3 is 0 Å². The molecule has 82 valence electrons. The highest BCUT2D eigenvalue weighted by molar-refractivity contribution is 7.96. The van der Waals surface area contributed by atoms with Crippen molar-refractivity contribution in [3.63, 3.8) is 0 Å². The van der Waals surface area contributed by atoms with Crippen LogP contribution < -0.4 is 4.73 Å². The molecule has 2 heterocycles. The Morgan fingerprint density at radius 3 is 2.73 bits per heavy atom. The first-order valence-corrected chi connectivity index (χ1v) is 6.23. The lowest BCUT2D eigenvalue weighted by Crippen LogP contribution is -2.33. The number of halogens is 1. The molecule has 0 radical (unpaired) electrons. The zero-order valence-electron chi connectivity index (χ0n) is 8.36. The molecule has 3 nitrogen and oxygen atoms in total. The molecule has 15 heavy (non-hydrogen) atoms. The molecule has 0 saturated carbocycles. The molecule has 1 aliphatic rings. The van der Waals surface area contributed by atoms with Crippen LogP contribution in [-0.2, 0) is 0 Å². The molecular weight excluding hydrogens is 232 g/mol. The summed E-state index contributed by atoms with van der Waals surface area (Å²) in [6, 6.07) is 5.22. The minimum Gasteiger partial charge on any atom is -0.617 e. The SMILES string of the molecule is [O-][n+]1c(Cl)cccc1SN1CCCCC1. The van der Waals surface area contributed by atoms with Gasteiger partial charge in [0.05, 0.1) is 0 Å². The van der Waals surface area contributed by atoms with E-state index in [4.69, 9.17) is 11.6 Å². The van der Waals surface area contributed by atoms with Crippen LogP contribution >= 0.6 is 23.5 Å². The maximum Gasteiger partial charge on any atom is 0.287 e. The molecule has 0 N–H and O–H groups in total. The fraction of sp³-hybridized carbons (Fsp3) is 0.500. The average molecular weight is 245 g/mol. The Morgan fingerprint density at radius 2 is 2.00 bits per heavy atom. The molecule has 0 aliphatic carbocycles. The highest BCUT2D eigenvalue weighted by Gasteiger charge is 2.17. The van der Waals surface area contributed by atoms with E-state index < -0.39 is 0 Å². The third-order valence-electron chi connectivity index (χ3n) is 2.40. The van der Waals surface area contributed by atoms with Crippen molar-refractivity contribution < 1.29 is 4.73 Å². The highest BCUT2D eigenvalue weighted by Crippen LogP contribution is 2.24. The summed E-state index contributed by atoms with van der Waals surface area (Å²) in [7, 11) is 0. The molecule has 2 rings (SSSR count). The summed E-state index contributed by atoms with van der Waals surface area (Å²) >= 11 is 7.25. The summed E-state index contributed by atoms with van der Waals surface area (Å²) in [5.74, 6) is 0. The highest BCUT2D eigenvalue weighted by atomic mass is 35.5. The summed E-state index contributed by atoms with van der Waals surface area (Å²) < 4.78 is 3.00. The molecule has 0 bridgehead atoms. The third kappa shape index (κ3) is 2.77. The van der Waals surface area contributed by atoms with E-state index in [1.165, 1.54) is 31.2 Å². The van der Waals surface area contributed by atoms with Crippen molar-refractivity contribution in [1.29, 1.82) is 0 Å². The van der Waals surface area contributed by atoms with E-state index in [2.05, 4.69) is 4.31 Å². The maximum atomic E-state index is 11.6. The van der Waals surface area contributed by atoms with E-state index in [0.717, 1.165) is 17.8 Å².